The fourth-order valence-corrected chi connectivity index (χ4v) is 3.96. The molecule has 0 aliphatic rings. The van der Waals surface area contributed by atoms with Gasteiger partial charge in [0.15, 0.2) is 0 Å². The van der Waals surface area contributed by atoms with E-state index in [1.807, 2.05) is 9.80 Å². The molecule has 48 heavy (non-hydrogen) atoms. The van der Waals surface area contributed by atoms with Crippen molar-refractivity contribution in [3.8, 4) is 0 Å². The van der Waals surface area contributed by atoms with Crippen molar-refractivity contribution >= 4 is 17.9 Å². The molecule has 19 heteroatoms. The van der Waals surface area contributed by atoms with Crippen molar-refractivity contribution < 1.29 is 47.9 Å². The van der Waals surface area contributed by atoms with Crippen LogP contribution in [-0.4, -0.2) is 209 Å². The number of carboxylic acid groups (broad SMARTS) is 1. The summed E-state index contributed by atoms with van der Waals surface area (Å²) in [5.41, 5.74) is 21.8. The first-order valence-corrected chi connectivity index (χ1v) is 16.6. The first kappa shape index (κ1) is 45.7. The molecule has 0 bridgehead atoms. The number of hydrogen-bond acceptors (Lipinski definition) is 15. The summed E-state index contributed by atoms with van der Waals surface area (Å²) < 4.78 is 32.7. The zero-order valence-electron chi connectivity index (χ0n) is 28.7. The lowest BCUT2D eigenvalue weighted by molar-refractivity contribution is -0.123. The minimum atomic E-state index is -1.10. The molecule has 0 aliphatic carbocycles. The summed E-state index contributed by atoms with van der Waals surface area (Å²) in [5.74, 6) is -0.343. The monoisotopic (exact) mass is 697 g/mol. The number of nitrogens with zero attached hydrogens (tertiary/aromatic N) is 3. The molecule has 3 amide bonds. The topological polar surface area (TPSA) is 265 Å². The van der Waals surface area contributed by atoms with Crippen molar-refractivity contribution in [2.75, 3.05) is 171 Å². The Hall–Kier alpha value is -2.27. The van der Waals surface area contributed by atoms with Crippen LogP contribution in [0.4, 0.5) is 4.79 Å². The van der Waals surface area contributed by atoms with Crippen LogP contribution in [0.25, 0.3) is 0 Å². The van der Waals surface area contributed by atoms with Crippen molar-refractivity contribution in [2.24, 2.45) is 22.9 Å². The maximum Gasteiger partial charge on any atom is 0.407 e. The molecule has 0 heterocycles. The summed E-state index contributed by atoms with van der Waals surface area (Å²) in [7, 11) is 0. The van der Waals surface area contributed by atoms with Gasteiger partial charge in [0.2, 0.25) is 11.8 Å². The molecule has 19 nitrogen and oxygen atoms in total. The molecular formula is C29H63N9O10. The number of hydrogen-bond donors (Lipinski definition) is 7. The van der Waals surface area contributed by atoms with E-state index in [4.69, 9.17) is 51.4 Å². The fourth-order valence-electron chi connectivity index (χ4n) is 3.96. The van der Waals surface area contributed by atoms with Gasteiger partial charge in [0, 0.05) is 78.5 Å². The zero-order chi connectivity index (χ0) is 35.5. The van der Waals surface area contributed by atoms with Crippen LogP contribution >= 0.6 is 0 Å². The van der Waals surface area contributed by atoms with Gasteiger partial charge in [0.1, 0.15) is 0 Å². The second kappa shape index (κ2) is 34.6. The third-order valence-electron chi connectivity index (χ3n) is 6.41. The van der Waals surface area contributed by atoms with Crippen molar-refractivity contribution in [3.05, 3.63) is 0 Å². The number of amides is 3. The van der Waals surface area contributed by atoms with Gasteiger partial charge in [-0.25, -0.2) is 4.79 Å². The quantitative estimate of drug-likeness (QED) is 0.0306. The molecule has 0 aromatic heterocycles. The van der Waals surface area contributed by atoms with Crippen LogP contribution in [0, 0.1) is 0 Å². The van der Waals surface area contributed by atoms with Gasteiger partial charge in [-0.2, -0.15) is 0 Å². The molecule has 0 unspecified atom stereocenters. The minimum absolute atomic E-state index is 0.141. The summed E-state index contributed by atoms with van der Waals surface area (Å²) >= 11 is 0. The lowest BCUT2D eigenvalue weighted by Crippen LogP contribution is -2.42. The average Bonchev–Trinajstić information content (AvgIpc) is 3.06. The summed E-state index contributed by atoms with van der Waals surface area (Å²) in [5, 5.41) is 15.1. The highest BCUT2D eigenvalue weighted by molar-refractivity contribution is 5.78. The molecular weight excluding hydrogens is 634 g/mol. The Kier molecular flexibility index (Phi) is 33.0. The van der Waals surface area contributed by atoms with E-state index in [1.54, 1.807) is 0 Å². The largest absolute Gasteiger partial charge is 0.465 e. The second-order valence-electron chi connectivity index (χ2n) is 10.4. The van der Waals surface area contributed by atoms with Crippen molar-refractivity contribution in [2.45, 2.75) is 0 Å². The Bertz CT molecular complexity index is 699. The Morgan fingerprint density at radius 2 is 0.750 bits per heavy atom. The Morgan fingerprint density at radius 3 is 1.04 bits per heavy atom. The molecule has 0 aliphatic heterocycles. The average molecular weight is 698 g/mol. The van der Waals surface area contributed by atoms with Gasteiger partial charge in [-0.15, -0.1) is 0 Å². The van der Waals surface area contributed by atoms with Gasteiger partial charge in [0.25, 0.3) is 0 Å². The molecule has 0 radical (unpaired) electrons. The second-order valence-corrected chi connectivity index (χ2v) is 10.4. The number of nitrogens with one attached hydrogen (secondary N) is 2. The first-order valence-electron chi connectivity index (χ1n) is 16.6. The Morgan fingerprint density at radius 1 is 0.458 bits per heavy atom. The highest BCUT2D eigenvalue weighted by Crippen LogP contribution is 1.94. The molecule has 0 atom stereocenters. The molecule has 0 spiro atoms. The van der Waals surface area contributed by atoms with E-state index in [2.05, 4.69) is 10.6 Å². The third-order valence-corrected chi connectivity index (χ3v) is 6.41. The SMILES string of the molecule is NCCOCCN(CCOCCN)CC(=O)NCCOCCN(CCOCCNC(=O)CN(CCOCCN)CCOCCN)C(=O)O. The van der Waals surface area contributed by atoms with E-state index >= 15 is 0 Å². The minimum Gasteiger partial charge on any atom is -0.465 e. The first-order chi connectivity index (χ1) is 23.4. The van der Waals surface area contributed by atoms with Gasteiger partial charge >= 0.3 is 6.09 Å². The number of nitrogens with two attached hydrogens (primary N) is 4. The van der Waals surface area contributed by atoms with E-state index in [1.165, 1.54) is 4.90 Å². The Balaban J connectivity index is 4.18. The summed E-state index contributed by atoms with van der Waals surface area (Å²) in [4.78, 5) is 41.4. The molecule has 0 saturated heterocycles. The maximum atomic E-state index is 12.4. The van der Waals surface area contributed by atoms with Gasteiger partial charge in [-0.1, -0.05) is 0 Å². The van der Waals surface area contributed by atoms with Crippen LogP contribution in [0.15, 0.2) is 0 Å². The van der Waals surface area contributed by atoms with Crippen LogP contribution < -0.4 is 33.6 Å². The van der Waals surface area contributed by atoms with Crippen LogP contribution in [-0.2, 0) is 38.0 Å². The smallest absolute Gasteiger partial charge is 0.407 e. The van der Waals surface area contributed by atoms with Gasteiger partial charge < -0.3 is 72.0 Å². The number of carbonyl (C=O) groups is 3. The van der Waals surface area contributed by atoms with Gasteiger partial charge in [-0.05, 0) is 0 Å². The number of carbonyl (C=O) groups excluding carboxylic acids is 2. The van der Waals surface area contributed by atoms with E-state index in [0.717, 1.165) is 0 Å². The van der Waals surface area contributed by atoms with Crippen molar-refractivity contribution in [1.29, 1.82) is 0 Å². The maximum absolute atomic E-state index is 12.4. The van der Waals surface area contributed by atoms with Crippen LogP contribution in [0.2, 0.25) is 0 Å². The predicted molar refractivity (Wildman–Crippen MR) is 180 cm³/mol. The van der Waals surface area contributed by atoms with E-state index in [9.17, 15) is 19.5 Å². The highest BCUT2D eigenvalue weighted by atomic mass is 16.5. The normalized spacial score (nSPS) is 11.4. The molecule has 0 aromatic carbocycles. The Labute approximate surface area is 285 Å². The van der Waals surface area contributed by atoms with E-state index in [-0.39, 0.29) is 77.5 Å². The zero-order valence-corrected chi connectivity index (χ0v) is 28.7. The van der Waals surface area contributed by atoms with Crippen LogP contribution in [0.5, 0.6) is 0 Å². The van der Waals surface area contributed by atoms with Crippen molar-refractivity contribution in [3.63, 3.8) is 0 Å². The molecule has 284 valence electrons. The van der Waals surface area contributed by atoms with E-state index in [0.29, 0.717) is 105 Å². The molecule has 0 fully saturated rings. The molecule has 0 rings (SSSR count). The van der Waals surface area contributed by atoms with Crippen LogP contribution in [0.3, 0.4) is 0 Å². The number of rotatable bonds is 36. The number of ether oxygens (including phenoxy) is 6. The van der Waals surface area contributed by atoms with Crippen LogP contribution in [0.1, 0.15) is 0 Å². The standard InChI is InChI=1S/C29H63N9O10/c30-1-13-43-19-7-36(8-20-44-14-2-31)25-27(39)34-5-17-47-23-11-38(29(41)42)12-24-48-18-6-35-28(40)26-37(9-21-45-15-3-32)10-22-46-16-4-33/h1-26,30-33H2,(H,34,39)(H,35,40)(H,41,42). The molecule has 0 aromatic rings. The van der Waals surface area contributed by atoms with Gasteiger partial charge in [-0.3, -0.25) is 19.4 Å². The highest BCUT2D eigenvalue weighted by Gasteiger charge is 2.14. The fraction of sp³-hybridized carbons (Fsp3) is 0.897. The third kappa shape index (κ3) is 29.8. The molecule has 0 saturated carbocycles. The summed E-state index contributed by atoms with van der Waals surface area (Å²) in [6, 6.07) is 0. The molecule has 11 N–H and O–H groups in total. The lowest BCUT2D eigenvalue weighted by Gasteiger charge is -2.22. The predicted octanol–water partition coefficient (Wildman–Crippen LogP) is -4.26. The lowest BCUT2D eigenvalue weighted by atomic mass is 10.4. The van der Waals surface area contributed by atoms with Gasteiger partial charge in [0.05, 0.1) is 92.4 Å². The van der Waals surface area contributed by atoms with Crippen molar-refractivity contribution in [1.82, 2.24) is 25.3 Å². The van der Waals surface area contributed by atoms with E-state index < -0.39 is 6.09 Å². The summed E-state index contributed by atoms with van der Waals surface area (Å²) in [6.07, 6.45) is -1.10. The summed E-state index contributed by atoms with van der Waals surface area (Å²) in [6.45, 7) is 9.51.